The summed E-state index contributed by atoms with van der Waals surface area (Å²) >= 11 is 17.6. The van der Waals surface area contributed by atoms with E-state index < -0.39 is 0 Å². The molecule has 0 atom stereocenters. The number of para-hydroxylation sites is 1. The molecule has 2 aromatic carbocycles. The van der Waals surface area contributed by atoms with E-state index in [1.165, 1.54) is 0 Å². The second-order valence-electron chi connectivity index (χ2n) is 4.94. The fourth-order valence-corrected chi connectivity index (χ4v) is 2.89. The number of hydrogen-bond donors (Lipinski definition) is 2. The second-order valence-corrected chi connectivity index (χ2v) is 6.11. The van der Waals surface area contributed by atoms with Crippen LogP contribution >= 0.6 is 35.4 Å². The summed E-state index contributed by atoms with van der Waals surface area (Å²) in [7, 11) is 1.61. The third kappa shape index (κ3) is 3.26. The van der Waals surface area contributed by atoms with Crippen molar-refractivity contribution in [2.24, 2.45) is 0 Å². The van der Waals surface area contributed by atoms with Crippen LogP contribution in [0.3, 0.4) is 0 Å². The highest BCUT2D eigenvalue weighted by Gasteiger charge is 2.14. The van der Waals surface area contributed by atoms with Crippen LogP contribution in [-0.4, -0.2) is 22.0 Å². The minimum absolute atomic E-state index is 0.439. The molecule has 0 spiro atoms. The first-order valence-corrected chi connectivity index (χ1v) is 8.26. The van der Waals surface area contributed by atoms with Crippen LogP contribution in [0, 0.1) is 4.77 Å². The average Bonchev–Trinajstić information content (AvgIpc) is 2.97. The van der Waals surface area contributed by atoms with Gasteiger partial charge in [-0.25, -0.2) is 9.77 Å². The minimum atomic E-state index is 0.439. The Morgan fingerprint density at radius 3 is 2.79 bits per heavy atom. The molecule has 0 aliphatic carbocycles. The third-order valence-electron chi connectivity index (χ3n) is 3.48. The van der Waals surface area contributed by atoms with Crippen molar-refractivity contribution in [3.8, 4) is 17.1 Å². The summed E-state index contributed by atoms with van der Waals surface area (Å²) in [5.41, 5.74) is 4.89. The molecule has 0 aliphatic rings. The molecule has 1 aromatic heterocycles. The number of aromatic amines is 1. The van der Waals surface area contributed by atoms with Crippen LogP contribution in [0.5, 0.6) is 5.75 Å². The predicted octanol–water partition coefficient (Wildman–Crippen LogP) is 4.67. The highest BCUT2D eigenvalue weighted by molar-refractivity contribution is 7.71. The van der Waals surface area contributed by atoms with Gasteiger partial charge in [0.15, 0.2) is 5.82 Å². The summed E-state index contributed by atoms with van der Waals surface area (Å²) in [5, 5.41) is 8.10. The number of benzene rings is 2. The monoisotopic (exact) mass is 380 g/mol. The first-order chi connectivity index (χ1) is 11.6. The molecule has 3 aromatic rings. The van der Waals surface area contributed by atoms with E-state index in [4.69, 9.17) is 40.2 Å². The number of H-pyrrole nitrogens is 1. The molecule has 2 N–H and O–H groups in total. The molecule has 0 saturated carbocycles. The van der Waals surface area contributed by atoms with Crippen LogP contribution in [0.4, 0.5) is 0 Å². The Labute approximate surface area is 154 Å². The molecule has 8 heteroatoms. The molecule has 0 bridgehead atoms. The summed E-state index contributed by atoms with van der Waals surface area (Å²) in [6, 6.07) is 13.1. The van der Waals surface area contributed by atoms with Gasteiger partial charge in [-0.05, 0) is 36.0 Å². The largest absolute Gasteiger partial charge is 0.496 e. The van der Waals surface area contributed by atoms with E-state index in [2.05, 4.69) is 15.6 Å². The molecule has 3 rings (SSSR count). The highest BCUT2D eigenvalue weighted by Crippen LogP contribution is 2.28. The molecular weight excluding hydrogens is 367 g/mol. The van der Waals surface area contributed by atoms with Crippen molar-refractivity contribution in [3.63, 3.8) is 0 Å². The van der Waals surface area contributed by atoms with Crippen LogP contribution < -0.4 is 10.2 Å². The summed E-state index contributed by atoms with van der Waals surface area (Å²) in [6.07, 6.45) is 0. The van der Waals surface area contributed by atoms with E-state index in [9.17, 15) is 0 Å². The summed E-state index contributed by atoms with van der Waals surface area (Å²) in [6.45, 7) is 0.440. The first-order valence-electron chi connectivity index (χ1n) is 7.09. The summed E-state index contributed by atoms with van der Waals surface area (Å²) in [4.78, 5) is 0. The van der Waals surface area contributed by atoms with Crippen molar-refractivity contribution in [1.29, 1.82) is 0 Å². The maximum Gasteiger partial charge on any atom is 0.214 e. The normalized spacial score (nSPS) is 10.6. The lowest BCUT2D eigenvalue weighted by atomic mass is 10.2. The van der Waals surface area contributed by atoms with E-state index in [1.807, 2.05) is 36.4 Å². The van der Waals surface area contributed by atoms with Gasteiger partial charge in [0.05, 0.1) is 29.3 Å². The van der Waals surface area contributed by atoms with Crippen molar-refractivity contribution < 1.29 is 4.74 Å². The molecule has 0 aliphatic heterocycles. The van der Waals surface area contributed by atoms with Gasteiger partial charge in [-0.3, -0.25) is 0 Å². The van der Waals surface area contributed by atoms with Crippen molar-refractivity contribution >= 4 is 35.4 Å². The van der Waals surface area contributed by atoms with Gasteiger partial charge in [0.1, 0.15) is 5.75 Å². The minimum Gasteiger partial charge on any atom is -0.496 e. The predicted molar refractivity (Wildman–Crippen MR) is 98.9 cm³/mol. The SMILES string of the molecule is COc1ccccc1-c1n[nH]c(=S)n1NCc1cccc(Cl)c1Cl. The molecule has 5 nitrogen and oxygen atoms in total. The van der Waals surface area contributed by atoms with Crippen molar-refractivity contribution in [2.75, 3.05) is 12.5 Å². The van der Waals surface area contributed by atoms with E-state index in [0.717, 1.165) is 11.1 Å². The Morgan fingerprint density at radius 1 is 1.21 bits per heavy atom. The number of nitrogens with zero attached hydrogens (tertiary/aromatic N) is 2. The fraction of sp³-hybridized carbons (Fsp3) is 0.125. The Balaban J connectivity index is 1.94. The van der Waals surface area contributed by atoms with Crippen molar-refractivity contribution in [3.05, 3.63) is 62.8 Å². The van der Waals surface area contributed by atoms with E-state index in [1.54, 1.807) is 17.9 Å². The van der Waals surface area contributed by atoms with Crippen molar-refractivity contribution in [1.82, 2.24) is 14.9 Å². The maximum atomic E-state index is 6.23. The average molecular weight is 381 g/mol. The molecule has 0 amide bonds. The lowest BCUT2D eigenvalue weighted by Gasteiger charge is -2.13. The lowest BCUT2D eigenvalue weighted by Crippen LogP contribution is -2.16. The van der Waals surface area contributed by atoms with Gasteiger partial charge in [0.2, 0.25) is 4.77 Å². The maximum absolute atomic E-state index is 6.23. The van der Waals surface area contributed by atoms with Crippen LogP contribution in [0.1, 0.15) is 5.56 Å². The number of hydrogen-bond acceptors (Lipinski definition) is 4. The lowest BCUT2D eigenvalue weighted by molar-refractivity contribution is 0.416. The topological polar surface area (TPSA) is 54.9 Å². The Morgan fingerprint density at radius 2 is 2.00 bits per heavy atom. The molecule has 124 valence electrons. The van der Waals surface area contributed by atoms with Crippen LogP contribution in [0.15, 0.2) is 42.5 Å². The number of rotatable bonds is 5. The number of nitrogens with one attached hydrogen (secondary N) is 2. The molecule has 24 heavy (non-hydrogen) atoms. The molecule has 0 saturated heterocycles. The zero-order valence-electron chi connectivity index (χ0n) is 12.7. The fourth-order valence-electron chi connectivity index (χ4n) is 2.30. The van der Waals surface area contributed by atoms with Gasteiger partial charge in [-0.2, -0.15) is 5.10 Å². The Kier molecular flexibility index (Phi) is 5.08. The van der Waals surface area contributed by atoms with E-state index in [0.29, 0.717) is 32.9 Å². The standard InChI is InChI=1S/C16H14Cl2N4OS/c1-23-13-8-3-2-6-11(13)15-20-21-16(24)22(15)19-9-10-5-4-7-12(17)14(10)18/h2-8,19H,9H2,1H3,(H,21,24). The Bertz CT molecular complexity index is 922. The van der Waals surface area contributed by atoms with Gasteiger partial charge >= 0.3 is 0 Å². The zero-order chi connectivity index (χ0) is 17.1. The number of aromatic nitrogens is 3. The summed E-state index contributed by atoms with van der Waals surface area (Å²) in [5.74, 6) is 1.32. The van der Waals surface area contributed by atoms with Crippen molar-refractivity contribution in [2.45, 2.75) is 6.54 Å². The van der Waals surface area contributed by atoms with Gasteiger partial charge in [0.25, 0.3) is 0 Å². The van der Waals surface area contributed by atoms with Gasteiger partial charge in [-0.15, -0.1) is 0 Å². The van der Waals surface area contributed by atoms with Crippen LogP contribution in [0.2, 0.25) is 10.0 Å². The number of methoxy groups -OCH3 is 1. The highest BCUT2D eigenvalue weighted by atomic mass is 35.5. The van der Waals surface area contributed by atoms with E-state index >= 15 is 0 Å². The molecule has 0 unspecified atom stereocenters. The number of ether oxygens (including phenoxy) is 1. The molecule has 1 heterocycles. The van der Waals surface area contributed by atoms with Gasteiger partial charge in [-0.1, -0.05) is 47.5 Å². The van der Waals surface area contributed by atoms with E-state index in [-0.39, 0.29) is 0 Å². The quantitative estimate of drug-likeness (QED) is 0.631. The zero-order valence-corrected chi connectivity index (χ0v) is 15.0. The van der Waals surface area contributed by atoms with Crippen LogP contribution in [0.25, 0.3) is 11.4 Å². The smallest absolute Gasteiger partial charge is 0.214 e. The number of halogens is 2. The third-order valence-corrected chi connectivity index (χ3v) is 4.61. The molecular formula is C16H14Cl2N4OS. The summed E-state index contributed by atoms with van der Waals surface area (Å²) < 4.78 is 7.52. The second kappa shape index (κ2) is 7.25. The Hall–Kier alpha value is -2.02. The first kappa shape index (κ1) is 16.8. The van der Waals surface area contributed by atoms with Gasteiger partial charge in [0, 0.05) is 0 Å². The van der Waals surface area contributed by atoms with Crippen LogP contribution in [-0.2, 0) is 6.54 Å². The van der Waals surface area contributed by atoms with Gasteiger partial charge < -0.3 is 10.2 Å². The molecule has 0 fully saturated rings. The molecule has 0 radical (unpaired) electrons.